The molecule has 1 atom stereocenters. The molecule has 1 aromatic carbocycles. The fourth-order valence-corrected chi connectivity index (χ4v) is 6.62. The van der Waals surface area contributed by atoms with E-state index in [1.54, 1.807) is 13.8 Å². The van der Waals surface area contributed by atoms with Crippen LogP contribution in [0.25, 0.3) is 0 Å². The third-order valence-corrected chi connectivity index (χ3v) is 8.84. The second-order valence-corrected chi connectivity index (χ2v) is 12.8. The Kier molecular flexibility index (Phi) is 6.33. The van der Waals surface area contributed by atoms with E-state index in [-0.39, 0.29) is 28.4 Å². The van der Waals surface area contributed by atoms with Crippen molar-refractivity contribution >= 4 is 25.8 Å². The summed E-state index contributed by atoms with van der Waals surface area (Å²) in [7, 11) is -5.62. The average Bonchev–Trinajstić information content (AvgIpc) is 2.83. The molecule has 0 saturated carbocycles. The Labute approximate surface area is 168 Å². The van der Waals surface area contributed by atoms with Gasteiger partial charge < -0.3 is 5.32 Å². The maximum Gasteiger partial charge on any atom is 0.243 e. The van der Waals surface area contributed by atoms with Crippen LogP contribution in [0, 0.1) is 13.8 Å². The molecule has 7 nitrogen and oxygen atoms in total. The minimum absolute atomic E-state index is 0.0462. The van der Waals surface area contributed by atoms with Crippen molar-refractivity contribution in [3.05, 3.63) is 28.8 Å². The molecule has 1 saturated heterocycles. The first-order valence-corrected chi connectivity index (χ1v) is 12.5. The second kappa shape index (κ2) is 7.76. The van der Waals surface area contributed by atoms with Gasteiger partial charge in [0.25, 0.3) is 0 Å². The molecular weight excluding hydrogens is 400 g/mol. The Balaban J connectivity index is 2.19. The number of aryl methyl sites for hydroxylation is 2. The molecule has 0 spiro atoms. The number of carbonyl (C=O) groups is 1. The van der Waals surface area contributed by atoms with Gasteiger partial charge in [-0.3, -0.25) is 4.79 Å². The summed E-state index contributed by atoms with van der Waals surface area (Å²) < 4.78 is 50.1. The smallest absolute Gasteiger partial charge is 0.243 e. The Morgan fingerprint density at radius 3 is 2.18 bits per heavy atom. The molecule has 2 rings (SSSR count). The number of nitrogens with one attached hydrogen (secondary N) is 1. The molecule has 1 aliphatic heterocycles. The van der Waals surface area contributed by atoms with E-state index in [0.29, 0.717) is 17.5 Å². The van der Waals surface area contributed by atoms with Crippen LogP contribution in [0.1, 0.15) is 43.9 Å². The lowest BCUT2D eigenvalue weighted by atomic mass is 9.85. The van der Waals surface area contributed by atoms with E-state index in [0.717, 1.165) is 9.87 Å². The van der Waals surface area contributed by atoms with Crippen molar-refractivity contribution in [2.45, 2.75) is 57.4 Å². The average molecular weight is 431 g/mol. The van der Waals surface area contributed by atoms with E-state index >= 15 is 0 Å². The molecule has 0 bridgehead atoms. The largest absolute Gasteiger partial charge is 0.351 e. The van der Waals surface area contributed by atoms with Gasteiger partial charge in [-0.2, -0.15) is 4.31 Å². The maximum absolute atomic E-state index is 13.1. The molecule has 1 aromatic rings. The summed E-state index contributed by atoms with van der Waals surface area (Å²) in [6.07, 6.45) is 0.358. The zero-order valence-electron chi connectivity index (χ0n) is 17.4. The van der Waals surface area contributed by atoms with Crippen LogP contribution in [0.4, 0.5) is 0 Å². The van der Waals surface area contributed by atoms with Gasteiger partial charge in [0.05, 0.1) is 22.9 Å². The van der Waals surface area contributed by atoms with Gasteiger partial charge >= 0.3 is 0 Å². The van der Waals surface area contributed by atoms with Crippen LogP contribution in [0.2, 0.25) is 0 Å². The minimum atomic E-state index is -3.86. The normalized spacial score (nSPS) is 19.8. The van der Waals surface area contributed by atoms with Crippen LogP contribution in [-0.4, -0.2) is 58.2 Å². The topological polar surface area (TPSA) is 101 Å². The van der Waals surface area contributed by atoms with Crippen molar-refractivity contribution in [2.75, 3.05) is 25.1 Å². The van der Waals surface area contributed by atoms with Crippen molar-refractivity contribution in [3.8, 4) is 0 Å². The maximum atomic E-state index is 13.1. The standard InChI is InChI=1S/C19H30N2O5S2/c1-13-9-15(19(3,4)5)10-14(2)18(13)28(25,26)21(6)11-17(22)20-16-7-8-27(23,24)12-16/h9-10,16H,7-8,11-12H2,1-6H3,(H,20,22)/t16-/m1/s1. The van der Waals surface area contributed by atoms with Crippen molar-refractivity contribution in [3.63, 3.8) is 0 Å². The molecule has 0 aromatic heterocycles. The van der Waals surface area contributed by atoms with Crippen LogP contribution in [0.3, 0.4) is 0 Å². The molecule has 28 heavy (non-hydrogen) atoms. The lowest BCUT2D eigenvalue weighted by Crippen LogP contribution is -2.43. The molecule has 1 N–H and O–H groups in total. The molecule has 1 heterocycles. The van der Waals surface area contributed by atoms with Gasteiger partial charge in [0.2, 0.25) is 15.9 Å². The molecule has 0 radical (unpaired) electrons. The third kappa shape index (κ3) is 5.12. The lowest BCUT2D eigenvalue weighted by Gasteiger charge is -2.24. The van der Waals surface area contributed by atoms with Gasteiger partial charge in [-0.25, -0.2) is 16.8 Å². The molecule has 9 heteroatoms. The SMILES string of the molecule is Cc1cc(C(C)(C)C)cc(C)c1S(=O)(=O)N(C)CC(=O)N[C@@H]1CCS(=O)(=O)C1. The Bertz CT molecular complexity index is 953. The number of nitrogens with zero attached hydrogens (tertiary/aromatic N) is 1. The molecular formula is C19H30N2O5S2. The third-order valence-electron chi connectivity index (χ3n) is 4.96. The number of carbonyl (C=O) groups excluding carboxylic acids is 1. The minimum Gasteiger partial charge on any atom is -0.351 e. The van der Waals surface area contributed by atoms with Gasteiger partial charge in [-0.15, -0.1) is 0 Å². The van der Waals surface area contributed by atoms with E-state index in [1.165, 1.54) is 7.05 Å². The number of hydrogen-bond donors (Lipinski definition) is 1. The van der Waals surface area contributed by atoms with Crippen molar-refractivity contribution < 1.29 is 21.6 Å². The molecule has 1 amide bonds. The summed E-state index contributed by atoms with van der Waals surface area (Å²) >= 11 is 0. The number of hydrogen-bond acceptors (Lipinski definition) is 5. The zero-order valence-corrected chi connectivity index (χ0v) is 19.0. The summed E-state index contributed by atoms with van der Waals surface area (Å²) in [5.41, 5.74) is 2.22. The summed E-state index contributed by atoms with van der Waals surface area (Å²) in [5, 5.41) is 2.62. The highest BCUT2D eigenvalue weighted by molar-refractivity contribution is 7.91. The summed E-state index contributed by atoms with van der Waals surface area (Å²) in [6, 6.07) is 3.29. The van der Waals surface area contributed by atoms with E-state index in [4.69, 9.17) is 0 Å². The molecule has 1 fully saturated rings. The quantitative estimate of drug-likeness (QED) is 0.763. The van der Waals surface area contributed by atoms with Crippen LogP contribution in [-0.2, 0) is 30.1 Å². The van der Waals surface area contributed by atoms with Crippen molar-refractivity contribution in [2.24, 2.45) is 0 Å². The number of sulfone groups is 1. The fourth-order valence-electron chi connectivity index (χ4n) is 3.42. The van der Waals surface area contributed by atoms with Crippen molar-refractivity contribution in [1.82, 2.24) is 9.62 Å². The van der Waals surface area contributed by atoms with E-state index in [2.05, 4.69) is 26.1 Å². The first-order chi connectivity index (χ1) is 12.6. The van der Waals surface area contributed by atoms with E-state index in [1.807, 2.05) is 12.1 Å². The number of rotatable bonds is 5. The van der Waals surface area contributed by atoms with Crippen LogP contribution < -0.4 is 5.32 Å². The Hall–Kier alpha value is -1.45. The van der Waals surface area contributed by atoms with E-state index in [9.17, 15) is 21.6 Å². The molecule has 1 aliphatic rings. The Morgan fingerprint density at radius 1 is 1.21 bits per heavy atom. The molecule has 0 aliphatic carbocycles. The highest BCUT2D eigenvalue weighted by Crippen LogP contribution is 2.30. The summed E-state index contributed by atoms with van der Waals surface area (Å²) in [6.45, 7) is 9.34. The summed E-state index contributed by atoms with van der Waals surface area (Å²) in [4.78, 5) is 12.4. The lowest BCUT2D eigenvalue weighted by molar-refractivity contribution is -0.121. The number of likely N-dealkylation sites (N-methyl/N-ethyl adjacent to an activating group) is 1. The monoisotopic (exact) mass is 430 g/mol. The zero-order chi connectivity index (χ0) is 21.5. The number of amides is 1. The van der Waals surface area contributed by atoms with Gasteiger partial charge in [0, 0.05) is 13.1 Å². The van der Waals surface area contributed by atoms with Gasteiger partial charge in [-0.05, 0) is 42.4 Å². The molecule has 0 unspecified atom stereocenters. The predicted octanol–water partition coefficient (Wildman–Crippen LogP) is 1.52. The molecule has 158 valence electrons. The second-order valence-electron chi connectivity index (χ2n) is 8.62. The first-order valence-electron chi connectivity index (χ1n) is 9.21. The predicted molar refractivity (Wildman–Crippen MR) is 110 cm³/mol. The van der Waals surface area contributed by atoms with Gasteiger partial charge in [-0.1, -0.05) is 32.9 Å². The Morgan fingerprint density at radius 2 is 1.75 bits per heavy atom. The highest BCUT2D eigenvalue weighted by Gasteiger charge is 2.31. The first kappa shape index (κ1) is 22.8. The van der Waals surface area contributed by atoms with Crippen LogP contribution >= 0.6 is 0 Å². The van der Waals surface area contributed by atoms with Gasteiger partial charge in [0.15, 0.2) is 9.84 Å². The fraction of sp³-hybridized carbons (Fsp3) is 0.632. The van der Waals surface area contributed by atoms with Gasteiger partial charge in [0.1, 0.15) is 0 Å². The highest BCUT2D eigenvalue weighted by atomic mass is 32.2. The number of benzene rings is 1. The number of sulfonamides is 1. The summed E-state index contributed by atoms with van der Waals surface area (Å²) in [5.74, 6) is -0.554. The van der Waals surface area contributed by atoms with Crippen LogP contribution in [0.15, 0.2) is 17.0 Å². The van der Waals surface area contributed by atoms with E-state index < -0.39 is 31.8 Å². The van der Waals surface area contributed by atoms with Crippen LogP contribution in [0.5, 0.6) is 0 Å². The van der Waals surface area contributed by atoms with Crippen molar-refractivity contribution in [1.29, 1.82) is 0 Å².